The molecular formula is C22H18N4OS. The molecule has 5 nitrogen and oxygen atoms in total. The first-order valence-corrected chi connectivity index (χ1v) is 9.07. The van der Waals surface area contributed by atoms with Gasteiger partial charge in [0.2, 0.25) is 0 Å². The van der Waals surface area contributed by atoms with Gasteiger partial charge >= 0.3 is 0 Å². The first-order valence-electron chi connectivity index (χ1n) is 8.66. The molecule has 1 heterocycles. The van der Waals surface area contributed by atoms with Crippen LogP contribution in [0.3, 0.4) is 0 Å². The maximum atomic E-state index is 13.4. The van der Waals surface area contributed by atoms with Crippen LogP contribution in [0.2, 0.25) is 0 Å². The van der Waals surface area contributed by atoms with Crippen LogP contribution in [0.25, 0.3) is 11.1 Å². The van der Waals surface area contributed by atoms with Crippen LogP contribution in [0.4, 0.5) is 22.7 Å². The van der Waals surface area contributed by atoms with Crippen molar-refractivity contribution in [3.8, 4) is 0 Å². The number of benzene rings is 3. The molecule has 0 aliphatic carbocycles. The number of carbonyl (C=O) groups is 1. The molecule has 0 radical (unpaired) electrons. The molecule has 1 aliphatic rings. The molecule has 0 aromatic heterocycles. The summed E-state index contributed by atoms with van der Waals surface area (Å²) in [6, 6.07) is 21.6. The molecule has 0 saturated heterocycles. The van der Waals surface area contributed by atoms with Gasteiger partial charge in [-0.1, -0.05) is 36.5 Å². The Bertz CT molecular complexity index is 1030. The van der Waals surface area contributed by atoms with Gasteiger partial charge in [-0.05, 0) is 59.7 Å². The molecule has 0 atom stereocenters. The lowest BCUT2D eigenvalue weighted by Crippen LogP contribution is -2.30. The fourth-order valence-corrected chi connectivity index (χ4v) is 3.63. The Morgan fingerprint density at radius 3 is 1.46 bits per heavy atom. The Labute approximate surface area is 168 Å². The summed E-state index contributed by atoms with van der Waals surface area (Å²) in [6.45, 7) is 0. The fraction of sp³-hybridized carbons (Fsp3) is 0. The van der Waals surface area contributed by atoms with Crippen molar-refractivity contribution >= 4 is 57.0 Å². The van der Waals surface area contributed by atoms with Crippen molar-refractivity contribution < 1.29 is 4.79 Å². The number of nitrogens with zero attached hydrogens (tertiary/aromatic N) is 1. The molecule has 0 saturated carbocycles. The summed E-state index contributed by atoms with van der Waals surface area (Å²) in [7, 11) is 0. The second-order valence-electron chi connectivity index (χ2n) is 6.53. The Hall–Kier alpha value is -3.64. The van der Waals surface area contributed by atoms with Gasteiger partial charge in [0.05, 0.1) is 11.3 Å². The van der Waals surface area contributed by atoms with E-state index in [1.54, 1.807) is 48.5 Å². The largest absolute Gasteiger partial charge is 0.399 e. The minimum absolute atomic E-state index is 0.189. The topological polar surface area (TPSA) is 98.4 Å². The molecule has 0 unspecified atom stereocenters. The van der Waals surface area contributed by atoms with Crippen LogP contribution in [0.1, 0.15) is 11.1 Å². The number of carbonyl (C=O) groups excluding carboxylic acids is 1. The highest BCUT2D eigenvalue weighted by Crippen LogP contribution is 2.39. The van der Waals surface area contributed by atoms with Gasteiger partial charge in [-0.25, -0.2) is 0 Å². The van der Waals surface area contributed by atoms with E-state index in [1.165, 1.54) is 4.90 Å². The van der Waals surface area contributed by atoms with E-state index < -0.39 is 0 Å². The molecule has 0 fully saturated rings. The predicted molar refractivity (Wildman–Crippen MR) is 119 cm³/mol. The lowest BCUT2D eigenvalue weighted by atomic mass is 9.96. The maximum Gasteiger partial charge on any atom is 0.264 e. The number of hydrogen-bond acceptors (Lipinski definition) is 5. The zero-order valence-corrected chi connectivity index (χ0v) is 15.7. The summed E-state index contributed by atoms with van der Waals surface area (Å²) in [4.78, 5) is 15.4. The van der Waals surface area contributed by atoms with Crippen molar-refractivity contribution in [2.24, 2.45) is 0 Å². The predicted octanol–water partition coefficient (Wildman–Crippen LogP) is 3.72. The molecule has 28 heavy (non-hydrogen) atoms. The van der Waals surface area contributed by atoms with E-state index in [0.717, 1.165) is 11.1 Å². The third-order valence-electron chi connectivity index (χ3n) is 4.63. The van der Waals surface area contributed by atoms with Gasteiger partial charge in [-0.15, -0.1) is 0 Å². The van der Waals surface area contributed by atoms with E-state index in [0.29, 0.717) is 38.9 Å². The molecule has 3 aromatic rings. The molecule has 0 spiro atoms. The van der Waals surface area contributed by atoms with Crippen LogP contribution in [-0.4, -0.2) is 10.9 Å². The minimum Gasteiger partial charge on any atom is -0.399 e. The first-order chi connectivity index (χ1) is 13.5. The third kappa shape index (κ3) is 3.00. The highest BCUT2D eigenvalue weighted by Gasteiger charge is 2.37. The van der Waals surface area contributed by atoms with Gasteiger partial charge in [0.25, 0.3) is 5.91 Å². The van der Waals surface area contributed by atoms with Crippen molar-refractivity contribution in [3.05, 3.63) is 83.9 Å². The smallest absolute Gasteiger partial charge is 0.264 e. The Kier molecular flexibility index (Phi) is 4.33. The Balaban J connectivity index is 1.90. The Morgan fingerprint density at radius 2 is 1.00 bits per heavy atom. The van der Waals surface area contributed by atoms with E-state index in [1.807, 2.05) is 24.3 Å². The van der Waals surface area contributed by atoms with Crippen molar-refractivity contribution in [2.75, 3.05) is 22.1 Å². The summed E-state index contributed by atoms with van der Waals surface area (Å²) < 4.78 is 0. The molecular weight excluding hydrogens is 368 g/mol. The quantitative estimate of drug-likeness (QED) is 0.471. The molecule has 138 valence electrons. The number of thiocarbonyl (C=S) groups is 1. The van der Waals surface area contributed by atoms with Gasteiger partial charge in [0.1, 0.15) is 4.99 Å². The lowest BCUT2D eigenvalue weighted by Gasteiger charge is -2.18. The van der Waals surface area contributed by atoms with E-state index in [-0.39, 0.29) is 5.91 Å². The summed E-state index contributed by atoms with van der Waals surface area (Å²) in [6.07, 6.45) is 0. The maximum absolute atomic E-state index is 13.4. The highest BCUT2D eigenvalue weighted by atomic mass is 32.1. The Morgan fingerprint density at radius 1 is 0.607 bits per heavy atom. The van der Waals surface area contributed by atoms with Crippen molar-refractivity contribution in [1.82, 2.24) is 0 Å². The summed E-state index contributed by atoms with van der Waals surface area (Å²) in [5.74, 6) is -0.189. The average Bonchev–Trinajstić information content (AvgIpc) is 2.94. The van der Waals surface area contributed by atoms with E-state index in [9.17, 15) is 4.79 Å². The van der Waals surface area contributed by atoms with Gasteiger partial charge in [-0.3, -0.25) is 9.69 Å². The van der Waals surface area contributed by atoms with Gasteiger partial charge in [0.15, 0.2) is 0 Å². The van der Waals surface area contributed by atoms with Crippen LogP contribution < -0.4 is 22.1 Å². The van der Waals surface area contributed by atoms with Crippen molar-refractivity contribution in [1.29, 1.82) is 0 Å². The summed E-state index contributed by atoms with van der Waals surface area (Å²) in [5.41, 5.74) is 22.8. The average molecular weight is 386 g/mol. The van der Waals surface area contributed by atoms with Crippen LogP contribution in [0.5, 0.6) is 0 Å². The van der Waals surface area contributed by atoms with Gasteiger partial charge in [-0.2, -0.15) is 0 Å². The van der Waals surface area contributed by atoms with Crippen molar-refractivity contribution in [2.45, 2.75) is 0 Å². The number of anilines is 4. The fourth-order valence-electron chi connectivity index (χ4n) is 3.22. The summed E-state index contributed by atoms with van der Waals surface area (Å²) in [5, 5.41) is 0. The number of hydrogen-bond donors (Lipinski definition) is 3. The van der Waals surface area contributed by atoms with Crippen LogP contribution in [-0.2, 0) is 4.79 Å². The first kappa shape index (κ1) is 17.8. The number of nitrogen functional groups attached to an aromatic ring is 3. The van der Waals surface area contributed by atoms with Crippen LogP contribution in [0, 0.1) is 0 Å². The standard InChI is InChI=1S/C22H18N4OS/c23-15-5-1-13(2-6-15)19-20(14-3-7-16(24)8-4-14)22(28)26(21(19)27)18-11-9-17(25)10-12-18/h1-12H,23-25H2. The van der Waals surface area contributed by atoms with Gasteiger partial charge in [0, 0.05) is 22.6 Å². The van der Waals surface area contributed by atoms with Crippen LogP contribution >= 0.6 is 12.2 Å². The normalized spacial score (nSPS) is 14.1. The number of amides is 1. The van der Waals surface area contributed by atoms with E-state index in [2.05, 4.69) is 0 Å². The molecule has 1 amide bonds. The highest BCUT2D eigenvalue weighted by molar-refractivity contribution is 7.82. The number of rotatable bonds is 3. The van der Waals surface area contributed by atoms with Crippen LogP contribution in [0.15, 0.2) is 72.8 Å². The second-order valence-corrected chi connectivity index (χ2v) is 6.92. The zero-order chi connectivity index (χ0) is 19.8. The molecule has 3 aromatic carbocycles. The molecule has 6 N–H and O–H groups in total. The minimum atomic E-state index is -0.189. The molecule has 4 rings (SSSR count). The molecule has 6 heteroatoms. The van der Waals surface area contributed by atoms with Gasteiger partial charge < -0.3 is 17.2 Å². The molecule has 1 aliphatic heterocycles. The zero-order valence-electron chi connectivity index (χ0n) is 14.9. The third-order valence-corrected chi connectivity index (χ3v) is 5.02. The van der Waals surface area contributed by atoms with E-state index >= 15 is 0 Å². The lowest BCUT2D eigenvalue weighted by molar-refractivity contribution is -0.112. The monoisotopic (exact) mass is 386 g/mol. The SMILES string of the molecule is Nc1ccc(C2=C(c3ccc(N)cc3)C(=S)N(c3ccc(N)cc3)C2=O)cc1. The molecule has 0 bridgehead atoms. The summed E-state index contributed by atoms with van der Waals surface area (Å²) >= 11 is 5.73. The number of nitrogens with two attached hydrogens (primary N) is 3. The van der Waals surface area contributed by atoms with Crippen molar-refractivity contribution in [3.63, 3.8) is 0 Å². The second kappa shape index (κ2) is 6.83. The van der Waals surface area contributed by atoms with E-state index in [4.69, 9.17) is 29.4 Å².